The Bertz CT molecular complexity index is 166. The van der Waals surface area contributed by atoms with Gasteiger partial charge in [-0.15, -0.1) is 0 Å². The molecule has 0 aliphatic heterocycles. The molecule has 0 radical (unpaired) electrons. The summed E-state index contributed by atoms with van der Waals surface area (Å²) in [6.07, 6.45) is -2.60. The third-order valence-electron chi connectivity index (χ3n) is 0.413. The van der Waals surface area contributed by atoms with Crippen LogP contribution in [0.5, 0.6) is 0 Å². The number of carbonyl (C=O) groups is 1. The molecule has 0 aromatic rings. The monoisotopic (exact) mass is 170 g/mol. The first-order chi connectivity index (χ1) is 4.33. The zero-order chi connectivity index (χ0) is 8.36. The van der Waals surface area contributed by atoms with E-state index >= 15 is 0 Å². The Hall–Kier alpha value is -0.460. The molecule has 0 rings (SSSR count). The second-order valence-electron chi connectivity index (χ2n) is 1.23. The van der Waals surface area contributed by atoms with Gasteiger partial charge in [0.2, 0.25) is 0 Å². The molecule has 0 atom stereocenters. The topological polar surface area (TPSA) is 130 Å². The first kappa shape index (κ1) is 9.54. The van der Waals surface area contributed by atoms with E-state index in [9.17, 15) is 19.1 Å². The molecule has 0 fully saturated rings. The summed E-state index contributed by atoms with van der Waals surface area (Å²) in [6, 6.07) is 0. The summed E-state index contributed by atoms with van der Waals surface area (Å²) in [5.41, 5.74) is 0. The average molecular weight is 170 g/mol. The Labute approximate surface area is 55.1 Å². The van der Waals surface area contributed by atoms with Gasteiger partial charge in [-0.25, -0.2) is 4.79 Å². The molecule has 2 N–H and O–H groups in total. The summed E-state index contributed by atoms with van der Waals surface area (Å²) < 4.78 is 12.6. The zero-order valence-corrected chi connectivity index (χ0v) is 5.35. The van der Waals surface area contributed by atoms with Gasteiger partial charge in [0.15, 0.2) is 0 Å². The molecule has 0 amide bonds. The number of aliphatic hydroxyl groups is 2. The van der Waals surface area contributed by atoms with Crippen LogP contribution in [-0.4, -0.2) is 22.5 Å². The number of aliphatic hydroxyl groups excluding tert-OH is 1. The van der Waals surface area contributed by atoms with Gasteiger partial charge >= 0.3 is 5.97 Å². The third-order valence-corrected chi connectivity index (χ3v) is 0.816. The van der Waals surface area contributed by atoms with Gasteiger partial charge in [-0.3, -0.25) is 0 Å². The Balaban J connectivity index is 3.94. The number of hydrogen-bond acceptors (Lipinski definition) is 7. The van der Waals surface area contributed by atoms with Crippen LogP contribution in [0, 0.1) is 0 Å². The largest absolute Gasteiger partial charge is 0.780 e. The van der Waals surface area contributed by atoms with Crippen LogP contribution in [0.25, 0.3) is 0 Å². The van der Waals surface area contributed by atoms with Gasteiger partial charge in [0.05, 0.1) is 0 Å². The molecular formula is C2H3O7P-2. The number of phosphoric acid groups is 1. The normalized spacial score (nSPS) is 11.7. The van der Waals surface area contributed by atoms with Crippen molar-refractivity contribution in [2.45, 2.75) is 6.29 Å². The standard InChI is InChI=1S/C2H5O7P/c3-1(4)2(5)9-10(6,7)8/h1,3-4H,(H2,6,7,8)/p-2. The summed E-state index contributed by atoms with van der Waals surface area (Å²) in [4.78, 5) is 29.0. The van der Waals surface area contributed by atoms with Crippen LogP contribution in [0.3, 0.4) is 0 Å². The highest BCUT2D eigenvalue weighted by Crippen LogP contribution is 2.24. The van der Waals surface area contributed by atoms with E-state index < -0.39 is 20.1 Å². The second-order valence-corrected chi connectivity index (χ2v) is 2.31. The van der Waals surface area contributed by atoms with E-state index in [4.69, 9.17) is 10.2 Å². The maximum atomic E-state index is 9.86. The molecule has 10 heavy (non-hydrogen) atoms. The Morgan fingerprint density at radius 2 is 1.90 bits per heavy atom. The van der Waals surface area contributed by atoms with Crippen LogP contribution >= 0.6 is 7.82 Å². The molecule has 0 bridgehead atoms. The lowest BCUT2D eigenvalue weighted by atomic mass is 10.7. The minimum Gasteiger partial charge on any atom is -0.780 e. The van der Waals surface area contributed by atoms with Crippen LogP contribution in [0.1, 0.15) is 0 Å². The summed E-state index contributed by atoms with van der Waals surface area (Å²) in [6.45, 7) is 0. The van der Waals surface area contributed by atoms with Gasteiger partial charge in [-0.05, 0) is 0 Å². The van der Waals surface area contributed by atoms with E-state index in [0.717, 1.165) is 0 Å². The van der Waals surface area contributed by atoms with Crippen LogP contribution in [-0.2, 0) is 13.9 Å². The van der Waals surface area contributed by atoms with Crippen LogP contribution < -0.4 is 9.79 Å². The molecular weight excluding hydrogens is 167 g/mol. The highest BCUT2D eigenvalue weighted by molar-refractivity contribution is 7.43. The lowest BCUT2D eigenvalue weighted by Gasteiger charge is -2.27. The van der Waals surface area contributed by atoms with E-state index in [1.807, 2.05) is 0 Å². The predicted octanol–water partition coefficient (Wildman–Crippen LogP) is -3.33. The molecule has 0 saturated carbocycles. The predicted molar refractivity (Wildman–Crippen MR) is 21.9 cm³/mol. The van der Waals surface area contributed by atoms with E-state index in [1.165, 1.54) is 0 Å². The third kappa shape index (κ3) is 4.42. The number of carbonyl (C=O) groups excluding carboxylic acids is 1. The van der Waals surface area contributed by atoms with Crippen molar-refractivity contribution in [1.29, 1.82) is 0 Å². The summed E-state index contributed by atoms with van der Waals surface area (Å²) in [7, 11) is -5.45. The SMILES string of the molecule is O=C(OP(=O)([O-])[O-])C(O)O. The van der Waals surface area contributed by atoms with E-state index in [1.54, 1.807) is 0 Å². The van der Waals surface area contributed by atoms with Crippen molar-refractivity contribution < 1.29 is 33.9 Å². The van der Waals surface area contributed by atoms with E-state index in [0.29, 0.717) is 0 Å². The number of phosphoric ester groups is 1. The summed E-state index contributed by atoms with van der Waals surface area (Å²) in [5, 5.41) is 15.7. The molecule has 0 aliphatic rings. The van der Waals surface area contributed by atoms with Crippen molar-refractivity contribution in [1.82, 2.24) is 0 Å². The lowest BCUT2D eigenvalue weighted by molar-refractivity contribution is -0.339. The van der Waals surface area contributed by atoms with Crippen molar-refractivity contribution in [2.24, 2.45) is 0 Å². The maximum Gasteiger partial charge on any atom is 0.366 e. The fourth-order valence-corrected chi connectivity index (χ4v) is 0.472. The summed E-state index contributed by atoms with van der Waals surface area (Å²) >= 11 is 0. The summed E-state index contributed by atoms with van der Waals surface area (Å²) in [5.74, 6) is -1.91. The van der Waals surface area contributed by atoms with Crippen molar-refractivity contribution in [2.75, 3.05) is 0 Å². The minimum atomic E-state index is -5.45. The smallest absolute Gasteiger partial charge is 0.366 e. The van der Waals surface area contributed by atoms with Crippen molar-refractivity contribution in [3.63, 3.8) is 0 Å². The first-order valence-corrected chi connectivity index (χ1v) is 3.40. The van der Waals surface area contributed by atoms with Gasteiger partial charge < -0.3 is 29.1 Å². The van der Waals surface area contributed by atoms with Crippen LogP contribution in [0.2, 0.25) is 0 Å². The molecule has 0 aliphatic carbocycles. The van der Waals surface area contributed by atoms with E-state index in [2.05, 4.69) is 4.52 Å². The van der Waals surface area contributed by atoms with Gasteiger partial charge in [0.1, 0.15) is 7.82 Å². The van der Waals surface area contributed by atoms with E-state index in [-0.39, 0.29) is 0 Å². The van der Waals surface area contributed by atoms with Crippen LogP contribution in [0.4, 0.5) is 0 Å². The Morgan fingerprint density at radius 1 is 1.50 bits per heavy atom. The molecule has 0 unspecified atom stereocenters. The van der Waals surface area contributed by atoms with Crippen molar-refractivity contribution in [3.05, 3.63) is 0 Å². The minimum absolute atomic E-state index is 1.91. The zero-order valence-electron chi connectivity index (χ0n) is 4.46. The maximum absolute atomic E-state index is 9.86. The molecule has 0 spiro atoms. The number of hydrogen-bond donors (Lipinski definition) is 2. The lowest BCUT2D eigenvalue weighted by Crippen LogP contribution is -2.27. The molecule has 7 nitrogen and oxygen atoms in total. The molecule has 0 saturated heterocycles. The molecule has 0 aromatic carbocycles. The van der Waals surface area contributed by atoms with Gasteiger partial charge in [0.25, 0.3) is 6.29 Å². The molecule has 8 heteroatoms. The molecule has 60 valence electrons. The fourth-order valence-electron chi connectivity index (χ4n) is 0.157. The Kier molecular flexibility index (Phi) is 2.95. The van der Waals surface area contributed by atoms with Crippen LogP contribution in [0.15, 0.2) is 0 Å². The second kappa shape index (κ2) is 3.09. The van der Waals surface area contributed by atoms with Crippen molar-refractivity contribution >= 4 is 13.8 Å². The Morgan fingerprint density at radius 3 is 2.00 bits per heavy atom. The first-order valence-electron chi connectivity index (χ1n) is 1.94. The molecule has 0 aromatic heterocycles. The highest BCUT2D eigenvalue weighted by atomic mass is 31.2. The average Bonchev–Trinajstić information content (AvgIpc) is 1.60. The fraction of sp³-hybridized carbons (Fsp3) is 0.500. The quantitative estimate of drug-likeness (QED) is 0.327. The molecule has 0 heterocycles. The van der Waals surface area contributed by atoms with Gasteiger partial charge in [-0.2, -0.15) is 0 Å². The van der Waals surface area contributed by atoms with Gasteiger partial charge in [0, 0.05) is 0 Å². The number of rotatable bonds is 2. The van der Waals surface area contributed by atoms with Gasteiger partial charge in [-0.1, -0.05) is 0 Å². The highest BCUT2D eigenvalue weighted by Gasteiger charge is 2.13. The van der Waals surface area contributed by atoms with Crippen molar-refractivity contribution in [3.8, 4) is 0 Å².